The number of rotatable bonds is 8. The fraction of sp³-hybridized carbons (Fsp3) is 0.118. The quantitative estimate of drug-likeness (QED) is 0.343. The van der Waals surface area contributed by atoms with Crippen molar-refractivity contribution >= 4 is 23.4 Å². The van der Waals surface area contributed by atoms with Gasteiger partial charge in [0, 0.05) is 11.6 Å². The summed E-state index contributed by atoms with van der Waals surface area (Å²) >= 11 is 0.976. The van der Waals surface area contributed by atoms with Crippen LogP contribution in [0.1, 0.15) is 5.56 Å². The second-order valence-corrected chi connectivity index (χ2v) is 6.34. The number of carboxylic acids is 1. The fourth-order valence-electron chi connectivity index (χ4n) is 2.24. The first kappa shape index (κ1) is 18.4. The lowest BCUT2D eigenvalue weighted by molar-refractivity contribution is -0.385. The van der Waals surface area contributed by atoms with Gasteiger partial charge in [-0.25, -0.2) is 0 Å². The molecule has 0 aliphatic carbocycles. The number of nitro groups is 1. The predicted molar refractivity (Wildman–Crippen MR) is 97.6 cm³/mol. The van der Waals surface area contributed by atoms with E-state index in [-0.39, 0.29) is 23.8 Å². The Labute approximate surface area is 157 Å². The minimum absolute atomic E-state index is 0.146. The molecule has 10 heteroatoms. The Morgan fingerprint density at radius 1 is 1.22 bits per heavy atom. The first-order chi connectivity index (χ1) is 13.0. The maximum atomic E-state index is 11.4. The van der Waals surface area contributed by atoms with Crippen LogP contribution in [-0.2, 0) is 11.4 Å². The first-order valence-electron chi connectivity index (χ1n) is 7.76. The zero-order chi connectivity index (χ0) is 19.2. The number of nitrogens with zero attached hydrogens (tertiary/aromatic N) is 3. The smallest absolute Gasteiger partial charge is 0.313 e. The molecule has 0 bridgehead atoms. The third kappa shape index (κ3) is 4.82. The average Bonchev–Trinajstić information content (AvgIpc) is 3.14. The van der Waals surface area contributed by atoms with Gasteiger partial charge in [0.2, 0.25) is 0 Å². The van der Waals surface area contributed by atoms with Crippen LogP contribution in [0.4, 0.5) is 5.69 Å². The van der Waals surface area contributed by atoms with E-state index in [9.17, 15) is 14.9 Å². The van der Waals surface area contributed by atoms with Crippen LogP contribution in [0, 0.1) is 10.1 Å². The van der Waals surface area contributed by atoms with Gasteiger partial charge in [-0.15, -0.1) is 10.2 Å². The number of aliphatic carboxylic acids is 1. The Balaban J connectivity index is 1.79. The third-order valence-electron chi connectivity index (χ3n) is 3.46. The highest BCUT2D eigenvalue weighted by molar-refractivity contribution is 7.99. The zero-order valence-corrected chi connectivity index (χ0v) is 14.7. The molecule has 0 saturated heterocycles. The Morgan fingerprint density at radius 2 is 2.00 bits per heavy atom. The Morgan fingerprint density at radius 3 is 2.70 bits per heavy atom. The van der Waals surface area contributed by atoms with Crippen LogP contribution < -0.4 is 4.74 Å². The molecule has 0 aliphatic heterocycles. The zero-order valence-electron chi connectivity index (χ0n) is 13.9. The van der Waals surface area contributed by atoms with Gasteiger partial charge in [0.15, 0.2) is 16.7 Å². The molecule has 0 amide bonds. The maximum absolute atomic E-state index is 11.4. The molecule has 0 radical (unpaired) electrons. The van der Waals surface area contributed by atoms with Gasteiger partial charge in [-0.05, 0) is 17.7 Å². The Bertz CT molecular complexity index is 961. The van der Waals surface area contributed by atoms with Gasteiger partial charge in [0.25, 0.3) is 0 Å². The number of hydrogen-bond donors (Lipinski definition) is 2. The molecule has 0 aliphatic rings. The summed E-state index contributed by atoms with van der Waals surface area (Å²) in [5, 5.41) is 28.2. The molecule has 0 fully saturated rings. The van der Waals surface area contributed by atoms with Crippen LogP contribution in [0.15, 0.2) is 53.7 Å². The number of nitro benzene ring substituents is 1. The molecule has 0 saturated carbocycles. The summed E-state index contributed by atoms with van der Waals surface area (Å²) in [7, 11) is 0. The van der Waals surface area contributed by atoms with Crippen molar-refractivity contribution in [3.8, 4) is 17.1 Å². The number of benzene rings is 2. The number of nitrogens with one attached hydrogen (secondary N) is 1. The van der Waals surface area contributed by atoms with Crippen molar-refractivity contribution in [2.45, 2.75) is 11.8 Å². The van der Waals surface area contributed by atoms with Crippen molar-refractivity contribution in [3.63, 3.8) is 0 Å². The summed E-state index contributed by atoms with van der Waals surface area (Å²) in [6.07, 6.45) is 0. The Hall–Kier alpha value is -3.40. The molecule has 0 spiro atoms. The first-order valence-corrected chi connectivity index (χ1v) is 8.74. The number of carboxylic acid groups (broad SMARTS) is 1. The number of carbonyl (C=O) groups is 1. The SMILES string of the molecule is O=C(O)CSc1nnc(-c2ccc(OCc3ccccc3)c([N+](=O)[O-])c2)[nH]1. The number of aromatic amines is 1. The van der Waals surface area contributed by atoms with Crippen LogP contribution in [0.3, 0.4) is 0 Å². The second kappa shape index (κ2) is 8.32. The van der Waals surface area contributed by atoms with E-state index in [4.69, 9.17) is 9.84 Å². The molecule has 2 N–H and O–H groups in total. The van der Waals surface area contributed by atoms with Crippen LogP contribution in [0.5, 0.6) is 5.75 Å². The average molecular weight is 386 g/mol. The highest BCUT2D eigenvalue weighted by Crippen LogP contribution is 2.32. The van der Waals surface area contributed by atoms with Gasteiger partial charge in [0.05, 0.1) is 10.7 Å². The fourth-order valence-corrected chi connectivity index (χ4v) is 2.76. The highest BCUT2D eigenvalue weighted by Gasteiger charge is 2.18. The van der Waals surface area contributed by atoms with Gasteiger partial charge in [-0.3, -0.25) is 14.9 Å². The minimum atomic E-state index is -0.978. The van der Waals surface area contributed by atoms with Gasteiger partial charge in [0.1, 0.15) is 6.61 Å². The van der Waals surface area contributed by atoms with E-state index >= 15 is 0 Å². The normalized spacial score (nSPS) is 10.5. The maximum Gasteiger partial charge on any atom is 0.313 e. The van der Waals surface area contributed by atoms with Crippen molar-refractivity contribution in [2.75, 3.05) is 5.75 Å². The van der Waals surface area contributed by atoms with Gasteiger partial charge < -0.3 is 14.8 Å². The van der Waals surface area contributed by atoms with Crippen LogP contribution in [-0.4, -0.2) is 36.9 Å². The van der Waals surface area contributed by atoms with Crippen molar-refractivity contribution < 1.29 is 19.6 Å². The second-order valence-electron chi connectivity index (χ2n) is 5.38. The number of H-pyrrole nitrogens is 1. The summed E-state index contributed by atoms with van der Waals surface area (Å²) < 4.78 is 5.59. The van der Waals surface area contributed by atoms with E-state index in [1.807, 2.05) is 30.3 Å². The number of thioether (sulfide) groups is 1. The monoisotopic (exact) mass is 386 g/mol. The molecule has 3 rings (SSSR count). The summed E-state index contributed by atoms with van der Waals surface area (Å²) in [5.74, 6) is -0.692. The number of hydrogen-bond acceptors (Lipinski definition) is 7. The number of ether oxygens (including phenoxy) is 1. The molecule has 2 aromatic carbocycles. The molecular formula is C17H14N4O5S. The number of aromatic nitrogens is 3. The van der Waals surface area contributed by atoms with Crippen LogP contribution >= 0.6 is 11.8 Å². The molecule has 0 atom stereocenters. The largest absolute Gasteiger partial charge is 0.482 e. The van der Waals surface area contributed by atoms with Crippen LogP contribution in [0.2, 0.25) is 0 Å². The van der Waals surface area contributed by atoms with E-state index in [1.54, 1.807) is 6.07 Å². The summed E-state index contributed by atoms with van der Waals surface area (Å²) in [6, 6.07) is 13.8. The van der Waals surface area contributed by atoms with Crippen LogP contribution in [0.25, 0.3) is 11.4 Å². The van der Waals surface area contributed by atoms with Crippen molar-refractivity contribution in [1.82, 2.24) is 15.2 Å². The minimum Gasteiger partial charge on any atom is -0.482 e. The van der Waals surface area contributed by atoms with Crippen molar-refractivity contribution in [1.29, 1.82) is 0 Å². The lowest BCUT2D eigenvalue weighted by Crippen LogP contribution is -1.99. The molecule has 27 heavy (non-hydrogen) atoms. The topological polar surface area (TPSA) is 131 Å². The van der Waals surface area contributed by atoms with Crippen molar-refractivity contribution in [2.24, 2.45) is 0 Å². The molecule has 9 nitrogen and oxygen atoms in total. The van der Waals surface area contributed by atoms with E-state index < -0.39 is 10.9 Å². The highest BCUT2D eigenvalue weighted by atomic mass is 32.2. The molecule has 0 unspecified atom stereocenters. The lowest BCUT2D eigenvalue weighted by Gasteiger charge is -2.07. The Kier molecular flexibility index (Phi) is 5.67. The van der Waals surface area contributed by atoms with Gasteiger partial charge in [-0.2, -0.15) is 0 Å². The molecular weight excluding hydrogens is 372 g/mol. The van der Waals surface area contributed by atoms with Crippen molar-refractivity contribution in [3.05, 3.63) is 64.2 Å². The van der Waals surface area contributed by atoms with E-state index in [2.05, 4.69) is 15.2 Å². The molecule has 138 valence electrons. The summed E-state index contributed by atoms with van der Waals surface area (Å²) in [5.41, 5.74) is 1.15. The lowest BCUT2D eigenvalue weighted by atomic mass is 10.1. The standard InChI is InChI=1S/C17H14N4O5S/c22-15(23)10-27-17-18-16(19-20-17)12-6-7-14(13(8-12)21(24)25)26-9-11-4-2-1-3-5-11/h1-8H,9-10H2,(H,22,23)(H,18,19,20). The van der Waals surface area contributed by atoms with E-state index in [0.717, 1.165) is 17.3 Å². The van der Waals surface area contributed by atoms with Gasteiger partial charge in [-0.1, -0.05) is 42.1 Å². The molecule has 1 heterocycles. The summed E-state index contributed by atoms with van der Waals surface area (Å²) in [4.78, 5) is 24.3. The molecule has 1 aromatic heterocycles. The van der Waals surface area contributed by atoms with Gasteiger partial charge >= 0.3 is 11.7 Å². The predicted octanol–water partition coefficient (Wildman–Crippen LogP) is 3.14. The summed E-state index contributed by atoms with van der Waals surface area (Å²) in [6.45, 7) is 0.208. The third-order valence-corrected chi connectivity index (χ3v) is 4.31. The molecule has 3 aromatic rings. The van der Waals surface area contributed by atoms with E-state index in [0.29, 0.717) is 16.5 Å². The van der Waals surface area contributed by atoms with E-state index in [1.165, 1.54) is 12.1 Å².